The van der Waals surface area contributed by atoms with Gasteiger partial charge in [0.1, 0.15) is 6.61 Å². The number of aliphatic hydroxyl groups excluding tert-OH is 2. The Morgan fingerprint density at radius 3 is 2.53 bits per heavy atom. The van der Waals surface area contributed by atoms with E-state index in [4.69, 9.17) is 14.3 Å². The van der Waals surface area contributed by atoms with Gasteiger partial charge in [0.25, 0.3) is 5.91 Å². The zero-order valence-electron chi connectivity index (χ0n) is 34.3. The zero-order chi connectivity index (χ0) is 41.2. The first-order valence-corrected chi connectivity index (χ1v) is 20.9. The fraction of sp³-hybridized carbons (Fsp3) is 0.705. The van der Waals surface area contributed by atoms with Crippen molar-refractivity contribution in [2.45, 2.75) is 115 Å². The Hall–Kier alpha value is -3.04. The number of halogens is 1. The van der Waals surface area contributed by atoms with Gasteiger partial charge < -0.3 is 35.4 Å². The number of ketones is 1. The first-order valence-electron chi connectivity index (χ1n) is 20.9. The highest BCUT2D eigenvalue weighted by molar-refractivity contribution is 6.01. The summed E-state index contributed by atoms with van der Waals surface area (Å²) in [6.07, 6.45) is 6.18. The molecule has 12 nitrogen and oxygen atoms in total. The molecule has 6 rings (SSSR count). The summed E-state index contributed by atoms with van der Waals surface area (Å²) in [4.78, 5) is 44.9. The highest BCUT2D eigenvalue weighted by Crippen LogP contribution is 2.70. The highest BCUT2D eigenvalue weighted by Gasteiger charge is 2.75. The van der Waals surface area contributed by atoms with Crippen molar-refractivity contribution in [3.05, 3.63) is 59.7 Å². The predicted octanol–water partition coefficient (Wildman–Crippen LogP) is 3.97. The number of rotatable bonds is 17. The predicted molar refractivity (Wildman–Crippen MR) is 211 cm³/mol. The van der Waals surface area contributed by atoms with E-state index in [0.29, 0.717) is 56.7 Å². The lowest BCUT2D eigenvalue weighted by Crippen LogP contribution is -2.70. The van der Waals surface area contributed by atoms with Crippen LogP contribution in [0.5, 0.6) is 0 Å². The normalized spacial score (nSPS) is 37.4. The summed E-state index contributed by atoms with van der Waals surface area (Å²) >= 11 is 0. The molecule has 1 aromatic carbocycles. The van der Waals surface area contributed by atoms with Crippen molar-refractivity contribution in [2.24, 2.45) is 34.5 Å². The minimum Gasteiger partial charge on any atom is -0.396 e. The number of fused-ring (bicyclic) bond motifs is 5. The van der Waals surface area contributed by atoms with Crippen molar-refractivity contribution < 1.29 is 48.4 Å². The third kappa shape index (κ3) is 8.02. The van der Waals surface area contributed by atoms with Crippen LogP contribution in [0.15, 0.2) is 54.1 Å². The van der Waals surface area contributed by atoms with Crippen molar-refractivity contribution in [3.8, 4) is 0 Å². The van der Waals surface area contributed by atoms with Crippen molar-refractivity contribution in [2.75, 3.05) is 46.1 Å². The van der Waals surface area contributed by atoms with Crippen molar-refractivity contribution in [1.82, 2.24) is 15.7 Å². The van der Waals surface area contributed by atoms with Gasteiger partial charge in [-0.05, 0) is 87.3 Å². The van der Waals surface area contributed by atoms with E-state index in [1.165, 1.54) is 12.2 Å². The van der Waals surface area contributed by atoms with Gasteiger partial charge in [0.15, 0.2) is 17.1 Å². The van der Waals surface area contributed by atoms with Gasteiger partial charge in [0, 0.05) is 43.0 Å². The summed E-state index contributed by atoms with van der Waals surface area (Å²) < 4.78 is 28.6. The summed E-state index contributed by atoms with van der Waals surface area (Å²) in [5.74, 6) is -2.06. The first kappa shape index (κ1) is 43.5. The van der Waals surface area contributed by atoms with Crippen molar-refractivity contribution in [1.29, 1.82) is 0 Å². The number of nitrogens with one attached hydrogen (secondary N) is 2. The van der Waals surface area contributed by atoms with Crippen LogP contribution in [-0.2, 0) is 35.2 Å². The molecular weight excluding hydrogens is 733 g/mol. The Kier molecular flexibility index (Phi) is 13.2. The molecule has 10 atom stereocenters. The summed E-state index contributed by atoms with van der Waals surface area (Å²) in [6.45, 7) is 11.1. The molecule has 13 heteroatoms. The topological polar surface area (TPSA) is 167 Å². The second-order valence-corrected chi connectivity index (χ2v) is 18.1. The molecule has 3 saturated carbocycles. The average Bonchev–Trinajstić information content (AvgIpc) is 3.59. The number of aliphatic hydroxyl groups is 3. The third-order valence-electron chi connectivity index (χ3n) is 14.2. The number of alkyl halides is 1. The van der Waals surface area contributed by atoms with Crippen LogP contribution in [0.3, 0.4) is 0 Å². The Bertz CT molecular complexity index is 1680. The molecule has 57 heavy (non-hydrogen) atoms. The molecule has 316 valence electrons. The molecular formula is C44H64FN3O9. The largest absolute Gasteiger partial charge is 0.396 e. The monoisotopic (exact) mass is 797 g/mol. The number of hydrogen-bond donors (Lipinski definition) is 5. The lowest BCUT2D eigenvalue weighted by Gasteiger charge is -2.62. The van der Waals surface area contributed by atoms with Gasteiger partial charge in [-0.2, -0.15) is 5.06 Å². The first-order chi connectivity index (χ1) is 27.0. The maximum Gasteiger partial charge on any atom is 0.252 e. The van der Waals surface area contributed by atoms with Gasteiger partial charge in [-0.3, -0.25) is 19.2 Å². The van der Waals surface area contributed by atoms with Gasteiger partial charge in [0.05, 0.1) is 37.6 Å². The van der Waals surface area contributed by atoms with Crippen LogP contribution in [0.2, 0.25) is 0 Å². The van der Waals surface area contributed by atoms with E-state index in [-0.39, 0.29) is 75.3 Å². The van der Waals surface area contributed by atoms with Crippen LogP contribution < -0.4 is 10.6 Å². The Morgan fingerprint density at radius 1 is 1.07 bits per heavy atom. The van der Waals surface area contributed by atoms with Gasteiger partial charge in [-0.25, -0.2) is 4.39 Å². The molecule has 4 aliphatic carbocycles. The van der Waals surface area contributed by atoms with Gasteiger partial charge in [0.2, 0.25) is 5.91 Å². The second-order valence-electron chi connectivity index (χ2n) is 18.1. The molecule has 5 N–H and O–H groups in total. The summed E-state index contributed by atoms with van der Waals surface area (Å²) in [5.41, 5.74) is -4.62. The van der Waals surface area contributed by atoms with Crippen LogP contribution >= 0.6 is 0 Å². The maximum atomic E-state index is 17.4. The fourth-order valence-electron chi connectivity index (χ4n) is 11.5. The van der Waals surface area contributed by atoms with E-state index in [1.807, 2.05) is 30.2 Å². The lowest BCUT2D eigenvalue weighted by atomic mass is 9.44. The zero-order valence-corrected chi connectivity index (χ0v) is 34.3. The SMILES string of the molecule is CC(C)CC1(CCO)CC(CNC(=O)COCCOCCNC(=O)[C@@]2(O)[C@H](C)C[C@H]3[C@@H]4CCC5=CC(=O)C=C[C@]5(C)[C@@]4(F)[C@@H](O)C[C@@]32C)ON1Cc1ccccc1. The van der Waals surface area contributed by atoms with E-state index < -0.39 is 45.9 Å². The third-order valence-corrected chi connectivity index (χ3v) is 14.2. The van der Waals surface area contributed by atoms with Gasteiger partial charge in [-0.15, -0.1) is 0 Å². The minimum absolute atomic E-state index is 0.0422. The number of amides is 2. The van der Waals surface area contributed by atoms with E-state index in [1.54, 1.807) is 19.9 Å². The molecule has 1 saturated heterocycles. The van der Waals surface area contributed by atoms with Crippen LogP contribution in [0.1, 0.15) is 85.1 Å². The van der Waals surface area contributed by atoms with Crippen LogP contribution in [0.4, 0.5) is 4.39 Å². The summed E-state index contributed by atoms with van der Waals surface area (Å²) in [5, 5.41) is 41.4. The van der Waals surface area contributed by atoms with E-state index in [0.717, 1.165) is 12.0 Å². The minimum atomic E-state index is -2.04. The molecule has 0 bridgehead atoms. The molecule has 0 aromatic heterocycles. The molecule has 1 heterocycles. The molecule has 0 spiro atoms. The Balaban J connectivity index is 0.922. The smallest absolute Gasteiger partial charge is 0.252 e. The molecule has 2 amide bonds. The number of allylic oxidation sites excluding steroid dienone is 4. The molecule has 5 aliphatic rings. The van der Waals surface area contributed by atoms with Crippen LogP contribution in [0.25, 0.3) is 0 Å². The van der Waals surface area contributed by atoms with Gasteiger partial charge >= 0.3 is 0 Å². The number of benzene rings is 1. The maximum absolute atomic E-state index is 17.4. The Morgan fingerprint density at radius 2 is 1.81 bits per heavy atom. The summed E-state index contributed by atoms with van der Waals surface area (Å²) in [6, 6.07) is 10.1. The van der Waals surface area contributed by atoms with Gasteiger partial charge in [-0.1, -0.05) is 69.7 Å². The van der Waals surface area contributed by atoms with E-state index >= 15 is 4.39 Å². The highest BCUT2D eigenvalue weighted by atomic mass is 19.1. The number of carbonyl (C=O) groups is 3. The fourth-order valence-corrected chi connectivity index (χ4v) is 11.5. The number of nitrogens with zero attached hydrogens (tertiary/aromatic N) is 1. The molecule has 2 unspecified atom stereocenters. The molecule has 1 aromatic rings. The Labute approximate surface area is 336 Å². The lowest BCUT2D eigenvalue weighted by molar-refractivity contribution is -0.219. The summed E-state index contributed by atoms with van der Waals surface area (Å²) in [7, 11) is 0. The van der Waals surface area contributed by atoms with Crippen molar-refractivity contribution in [3.63, 3.8) is 0 Å². The van der Waals surface area contributed by atoms with E-state index in [2.05, 4.69) is 36.6 Å². The number of hydrogen-bond acceptors (Lipinski definition) is 10. The van der Waals surface area contributed by atoms with Crippen LogP contribution in [-0.4, -0.2) is 113 Å². The second kappa shape index (κ2) is 17.3. The number of ether oxygens (including phenoxy) is 2. The number of hydroxylamine groups is 2. The van der Waals surface area contributed by atoms with Crippen molar-refractivity contribution >= 4 is 17.6 Å². The van der Waals surface area contributed by atoms with E-state index in [9.17, 15) is 29.7 Å². The number of carbonyl (C=O) groups excluding carboxylic acids is 3. The average molecular weight is 798 g/mol. The quantitative estimate of drug-likeness (QED) is 0.146. The molecule has 4 fully saturated rings. The molecule has 0 radical (unpaired) electrons. The van der Waals surface area contributed by atoms with Crippen LogP contribution in [0, 0.1) is 34.5 Å². The standard InChI is InChI=1S/C44H64FN3O9/c1-29(2)23-42(15-17-49)24-34(57-48(42)27-31-9-7-6-8-10-31)26-47-38(52)28-56-20-19-55-18-16-46-39(53)44(54)30(3)21-36-35-12-11-32-22-33(50)13-14-40(32,4)43(35,45)37(51)25-41(36,44)5/h6-10,13-14,22,29-30,34-37,49,51,54H,11-12,15-21,23-28H2,1-5H3,(H,46,53)(H,47,52)/t30-,34?,35+,36+,37+,40+,41+,42?,43+,44+/m1/s1. The molecule has 1 aliphatic heterocycles.